The first-order valence-electron chi connectivity index (χ1n) is 10.5. The lowest BCUT2D eigenvalue weighted by atomic mass is 10.1. The van der Waals surface area contributed by atoms with Crippen molar-refractivity contribution < 1.29 is 23.8 Å². The number of carbonyl (C=O) groups excluding carboxylic acids is 2. The molecule has 1 atom stereocenters. The fraction of sp³-hybridized carbons (Fsp3) is 0.360. The van der Waals surface area contributed by atoms with Crippen LogP contribution >= 0.6 is 0 Å². The van der Waals surface area contributed by atoms with Crippen LogP contribution in [0.3, 0.4) is 0 Å². The number of benzene rings is 2. The van der Waals surface area contributed by atoms with E-state index in [4.69, 9.17) is 14.2 Å². The van der Waals surface area contributed by atoms with Crippen molar-refractivity contribution in [2.45, 2.75) is 47.1 Å². The normalized spacial score (nSPS) is 11.8. The molecule has 0 saturated carbocycles. The molecule has 0 aliphatic heterocycles. The number of hydrogen-bond donors (Lipinski definition) is 1. The number of nitrogens with one attached hydrogen (secondary N) is 1. The molecule has 0 heterocycles. The van der Waals surface area contributed by atoms with Crippen LogP contribution in [0.5, 0.6) is 11.5 Å². The fourth-order valence-corrected chi connectivity index (χ4v) is 2.90. The minimum absolute atomic E-state index is 0.379. The van der Waals surface area contributed by atoms with Crippen LogP contribution in [0.4, 0.5) is 5.69 Å². The standard InChI is InChI=1S/C25H31NO5/c1-6-15-30-21-13-11-20(16-22(21)29-7-2)12-14-23(27)31-19(5)25(28)26-24-17(3)9-8-10-18(24)4/h8-14,16,19H,6-7,15H2,1-5H3,(H,26,28)/b14-12+. The fourth-order valence-electron chi connectivity index (χ4n) is 2.90. The maximum atomic E-state index is 12.4. The topological polar surface area (TPSA) is 73.9 Å². The number of ether oxygens (including phenoxy) is 3. The molecule has 1 unspecified atom stereocenters. The Labute approximate surface area is 184 Å². The summed E-state index contributed by atoms with van der Waals surface area (Å²) in [4.78, 5) is 24.6. The van der Waals surface area contributed by atoms with Crippen molar-refractivity contribution >= 4 is 23.6 Å². The van der Waals surface area contributed by atoms with Gasteiger partial charge in [-0.15, -0.1) is 0 Å². The van der Waals surface area contributed by atoms with Crippen LogP contribution in [0.2, 0.25) is 0 Å². The molecule has 6 heteroatoms. The first-order valence-corrected chi connectivity index (χ1v) is 10.5. The van der Waals surface area contributed by atoms with Gasteiger partial charge < -0.3 is 19.5 Å². The zero-order chi connectivity index (χ0) is 22.8. The van der Waals surface area contributed by atoms with E-state index in [2.05, 4.69) is 5.32 Å². The van der Waals surface area contributed by atoms with Gasteiger partial charge in [0.05, 0.1) is 13.2 Å². The number of esters is 1. The van der Waals surface area contributed by atoms with Gasteiger partial charge in [-0.1, -0.05) is 31.2 Å². The van der Waals surface area contributed by atoms with Crippen molar-refractivity contribution in [3.05, 3.63) is 59.2 Å². The Hall–Kier alpha value is -3.28. The van der Waals surface area contributed by atoms with Crippen LogP contribution in [0.15, 0.2) is 42.5 Å². The van der Waals surface area contributed by atoms with E-state index in [-0.39, 0.29) is 5.91 Å². The predicted molar refractivity (Wildman–Crippen MR) is 123 cm³/mol. The summed E-state index contributed by atoms with van der Waals surface area (Å²) in [6.45, 7) is 10.4. The minimum atomic E-state index is -0.931. The molecule has 2 aromatic rings. The largest absolute Gasteiger partial charge is 0.490 e. The molecule has 1 N–H and O–H groups in total. The molecule has 2 aromatic carbocycles. The Morgan fingerprint density at radius 3 is 2.39 bits per heavy atom. The average Bonchev–Trinajstić information content (AvgIpc) is 2.74. The number of hydrogen-bond acceptors (Lipinski definition) is 5. The number of anilines is 1. The molecule has 0 saturated heterocycles. The molecule has 0 aromatic heterocycles. The van der Waals surface area contributed by atoms with Gasteiger partial charge in [-0.2, -0.15) is 0 Å². The summed E-state index contributed by atoms with van der Waals surface area (Å²) >= 11 is 0. The maximum Gasteiger partial charge on any atom is 0.331 e. The highest BCUT2D eigenvalue weighted by Gasteiger charge is 2.18. The zero-order valence-corrected chi connectivity index (χ0v) is 18.9. The Morgan fingerprint density at radius 1 is 1.03 bits per heavy atom. The molecule has 166 valence electrons. The SMILES string of the molecule is CCCOc1ccc(/C=C/C(=O)OC(C)C(=O)Nc2c(C)cccc2C)cc1OCC. The van der Waals surface area contributed by atoms with E-state index in [1.165, 1.54) is 6.08 Å². The second-order valence-corrected chi connectivity index (χ2v) is 7.16. The Morgan fingerprint density at radius 2 is 1.74 bits per heavy atom. The van der Waals surface area contributed by atoms with Gasteiger partial charge in [-0.05, 0) is 69.0 Å². The lowest BCUT2D eigenvalue weighted by Gasteiger charge is -2.15. The zero-order valence-electron chi connectivity index (χ0n) is 18.9. The molecular formula is C25H31NO5. The molecular weight excluding hydrogens is 394 g/mol. The van der Waals surface area contributed by atoms with Crippen molar-refractivity contribution in [1.29, 1.82) is 0 Å². The van der Waals surface area contributed by atoms with Gasteiger partial charge in [0.15, 0.2) is 17.6 Å². The summed E-state index contributed by atoms with van der Waals surface area (Å²) in [7, 11) is 0. The van der Waals surface area contributed by atoms with Gasteiger partial charge >= 0.3 is 5.97 Å². The molecule has 6 nitrogen and oxygen atoms in total. The first-order chi connectivity index (χ1) is 14.8. The Balaban J connectivity index is 1.99. The third-order valence-corrected chi connectivity index (χ3v) is 4.53. The van der Waals surface area contributed by atoms with E-state index in [1.807, 2.05) is 58.0 Å². The van der Waals surface area contributed by atoms with Crippen molar-refractivity contribution in [2.75, 3.05) is 18.5 Å². The van der Waals surface area contributed by atoms with Gasteiger partial charge in [-0.3, -0.25) is 4.79 Å². The van der Waals surface area contributed by atoms with Crippen LogP contribution in [0.1, 0.15) is 43.9 Å². The quantitative estimate of drug-likeness (QED) is 0.425. The summed E-state index contributed by atoms with van der Waals surface area (Å²) < 4.78 is 16.6. The number of para-hydroxylation sites is 1. The van der Waals surface area contributed by atoms with Gasteiger partial charge in [0, 0.05) is 11.8 Å². The number of amides is 1. The van der Waals surface area contributed by atoms with Gasteiger partial charge in [-0.25, -0.2) is 4.79 Å². The molecule has 0 bridgehead atoms. The summed E-state index contributed by atoms with van der Waals surface area (Å²) in [5, 5.41) is 2.83. The van der Waals surface area contributed by atoms with E-state index < -0.39 is 12.1 Å². The second-order valence-electron chi connectivity index (χ2n) is 7.16. The predicted octanol–water partition coefficient (Wildman–Crippen LogP) is 5.07. The second kappa shape index (κ2) is 11.8. The average molecular weight is 426 g/mol. The summed E-state index contributed by atoms with van der Waals surface area (Å²) in [6.07, 6.45) is 2.87. The van der Waals surface area contributed by atoms with Crippen molar-refractivity contribution in [1.82, 2.24) is 0 Å². The molecule has 2 rings (SSSR count). The van der Waals surface area contributed by atoms with E-state index in [0.29, 0.717) is 24.7 Å². The monoisotopic (exact) mass is 425 g/mol. The van der Waals surface area contributed by atoms with Crippen LogP contribution < -0.4 is 14.8 Å². The third kappa shape index (κ3) is 7.17. The van der Waals surface area contributed by atoms with Crippen LogP contribution in [-0.4, -0.2) is 31.2 Å². The van der Waals surface area contributed by atoms with E-state index in [9.17, 15) is 9.59 Å². The van der Waals surface area contributed by atoms with E-state index >= 15 is 0 Å². The molecule has 0 radical (unpaired) electrons. The van der Waals surface area contributed by atoms with Crippen molar-refractivity contribution in [3.63, 3.8) is 0 Å². The van der Waals surface area contributed by atoms with Gasteiger partial charge in [0.1, 0.15) is 0 Å². The number of carbonyl (C=O) groups is 2. The van der Waals surface area contributed by atoms with E-state index in [1.54, 1.807) is 19.1 Å². The lowest BCUT2D eigenvalue weighted by molar-refractivity contribution is -0.148. The highest BCUT2D eigenvalue weighted by Crippen LogP contribution is 2.29. The molecule has 31 heavy (non-hydrogen) atoms. The van der Waals surface area contributed by atoms with Gasteiger partial charge in [0.2, 0.25) is 0 Å². The summed E-state index contributed by atoms with van der Waals surface area (Å²) in [6, 6.07) is 11.2. The number of rotatable bonds is 10. The smallest absolute Gasteiger partial charge is 0.331 e. The van der Waals surface area contributed by atoms with Gasteiger partial charge in [0.25, 0.3) is 5.91 Å². The van der Waals surface area contributed by atoms with Crippen molar-refractivity contribution in [2.24, 2.45) is 0 Å². The maximum absolute atomic E-state index is 12.4. The van der Waals surface area contributed by atoms with Crippen LogP contribution in [0, 0.1) is 13.8 Å². The van der Waals surface area contributed by atoms with Crippen molar-refractivity contribution in [3.8, 4) is 11.5 Å². The molecule has 0 aliphatic carbocycles. The molecule has 0 fully saturated rings. The first kappa shape index (κ1) is 24.0. The summed E-state index contributed by atoms with van der Waals surface area (Å²) in [5.41, 5.74) is 3.39. The molecule has 0 aliphatic rings. The highest BCUT2D eigenvalue weighted by atomic mass is 16.5. The lowest BCUT2D eigenvalue weighted by Crippen LogP contribution is -2.30. The molecule has 0 spiro atoms. The molecule has 1 amide bonds. The Kier molecular flexibility index (Phi) is 9.13. The van der Waals surface area contributed by atoms with Crippen LogP contribution in [-0.2, 0) is 14.3 Å². The summed E-state index contributed by atoms with van der Waals surface area (Å²) in [5.74, 6) is 0.302. The Bertz CT molecular complexity index is 915. The highest BCUT2D eigenvalue weighted by molar-refractivity contribution is 5.97. The van der Waals surface area contributed by atoms with Crippen LogP contribution in [0.25, 0.3) is 6.08 Å². The van der Waals surface area contributed by atoms with E-state index in [0.717, 1.165) is 28.8 Å². The minimum Gasteiger partial charge on any atom is -0.490 e. The third-order valence-electron chi connectivity index (χ3n) is 4.53. The number of aryl methyl sites for hydroxylation is 2.